The largest absolute Gasteiger partial charge is 0.478 e. The van der Waals surface area contributed by atoms with Gasteiger partial charge in [-0.05, 0) is 6.08 Å². The molecule has 0 fully saturated rings. The number of carboxylic acid groups (broad SMARTS) is 1. The summed E-state index contributed by atoms with van der Waals surface area (Å²) in [5, 5.41) is 8.24. The van der Waals surface area contributed by atoms with Crippen LogP contribution in [-0.2, 0) is 4.79 Å². The molecule has 0 saturated heterocycles. The number of rotatable bonds is 2. The molecule has 0 bridgehead atoms. The fourth-order valence-electron chi connectivity index (χ4n) is 0.571. The van der Waals surface area contributed by atoms with Crippen LogP contribution in [0.3, 0.4) is 0 Å². The first-order chi connectivity index (χ1) is 5.18. The minimum Gasteiger partial charge on any atom is -0.478 e. The van der Waals surface area contributed by atoms with E-state index < -0.39 is 5.97 Å². The molecule has 4 nitrogen and oxygen atoms in total. The van der Waals surface area contributed by atoms with Gasteiger partial charge in [0.05, 0.1) is 5.69 Å². The topological polar surface area (TPSA) is 55.1 Å². The molecule has 58 valence electrons. The third-order valence-corrected chi connectivity index (χ3v) is 1.21. The van der Waals surface area contributed by atoms with Crippen LogP contribution in [0.5, 0.6) is 0 Å². The minimum absolute atomic E-state index is 0.572. The third-order valence-electron chi connectivity index (χ3n) is 0.986. The van der Waals surface area contributed by atoms with Crippen LogP contribution in [0.4, 0.5) is 0 Å². The van der Waals surface area contributed by atoms with Gasteiger partial charge in [0.15, 0.2) is 0 Å². The van der Waals surface area contributed by atoms with Crippen molar-refractivity contribution >= 4 is 24.9 Å². The van der Waals surface area contributed by atoms with Gasteiger partial charge in [0.1, 0.15) is 6.33 Å². The van der Waals surface area contributed by atoms with E-state index in [0.29, 0.717) is 5.69 Å². The summed E-state index contributed by atoms with van der Waals surface area (Å²) in [5.74, 6) is -0.987. The number of carboxylic acids is 1. The zero-order valence-corrected chi connectivity index (χ0v) is 6.40. The third kappa shape index (κ3) is 2.46. The predicted molar refractivity (Wildman–Crippen MR) is 43.3 cm³/mol. The quantitative estimate of drug-likeness (QED) is 0.506. The highest BCUT2D eigenvalue weighted by Crippen LogP contribution is 1.98. The van der Waals surface area contributed by atoms with Crippen LogP contribution >= 0.6 is 12.8 Å². The fraction of sp³-hybridized carbons (Fsp3) is 0. The Bertz CT molecular complexity index is 293. The van der Waals surface area contributed by atoms with Gasteiger partial charge < -0.3 is 5.11 Å². The molecule has 0 atom stereocenters. The average Bonchev–Trinajstić information content (AvgIpc) is 2.31. The van der Waals surface area contributed by atoms with Crippen molar-refractivity contribution in [3.63, 3.8) is 0 Å². The molecular weight excluding hydrogens is 164 g/mol. The highest BCUT2D eigenvalue weighted by atomic mass is 32.1. The molecule has 0 radical (unpaired) electrons. The van der Waals surface area contributed by atoms with Gasteiger partial charge in [-0.15, -0.1) is 0 Å². The lowest BCUT2D eigenvalue weighted by molar-refractivity contribution is -0.131. The van der Waals surface area contributed by atoms with Gasteiger partial charge in [0, 0.05) is 12.3 Å². The Morgan fingerprint density at radius 3 is 3.00 bits per heavy atom. The number of thiol groups is 1. The molecule has 0 amide bonds. The molecule has 1 aromatic heterocycles. The van der Waals surface area contributed by atoms with Gasteiger partial charge >= 0.3 is 5.97 Å². The van der Waals surface area contributed by atoms with Gasteiger partial charge in [0.25, 0.3) is 0 Å². The molecule has 1 rings (SSSR count). The van der Waals surface area contributed by atoms with E-state index in [2.05, 4.69) is 17.8 Å². The van der Waals surface area contributed by atoms with E-state index in [1.54, 1.807) is 6.20 Å². The Kier molecular flexibility index (Phi) is 2.32. The fourth-order valence-corrected chi connectivity index (χ4v) is 0.741. The van der Waals surface area contributed by atoms with E-state index in [4.69, 9.17) is 5.11 Å². The number of imidazole rings is 1. The maximum Gasteiger partial charge on any atom is 0.328 e. The Labute approximate surface area is 68.7 Å². The summed E-state index contributed by atoms with van der Waals surface area (Å²) in [5.41, 5.74) is 0.572. The molecule has 1 aromatic rings. The van der Waals surface area contributed by atoms with Gasteiger partial charge in [-0.3, -0.25) is 3.97 Å². The van der Waals surface area contributed by atoms with Crippen molar-refractivity contribution in [3.8, 4) is 0 Å². The smallest absolute Gasteiger partial charge is 0.328 e. The Hall–Kier alpha value is -1.23. The number of hydrogen-bond donors (Lipinski definition) is 2. The molecule has 1 N–H and O–H groups in total. The summed E-state index contributed by atoms with van der Waals surface area (Å²) in [6.45, 7) is 0. The van der Waals surface area contributed by atoms with Gasteiger partial charge in [-0.25, -0.2) is 9.78 Å². The molecule has 0 spiro atoms. The molecule has 0 aromatic carbocycles. The molecule has 0 aliphatic heterocycles. The van der Waals surface area contributed by atoms with Crippen molar-refractivity contribution in [2.45, 2.75) is 0 Å². The Balaban J connectivity index is 2.71. The van der Waals surface area contributed by atoms with Crippen LogP contribution in [0.15, 0.2) is 18.6 Å². The maximum absolute atomic E-state index is 10.0. The molecule has 0 saturated carbocycles. The highest BCUT2D eigenvalue weighted by Gasteiger charge is 1.91. The second kappa shape index (κ2) is 3.25. The summed E-state index contributed by atoms with van der Waals surface area (Å²) in [6.07, 6.45) is 5.50. The Morgan fingerprint density at radius 2 is 2.55 bits per heavy atom. The highest BCUT2D eigenvalue weighted by molar-refractivity contribution is 7.78. The first-order valence-corrected chi connectivity index (χ1v) is 3.23. The summed E-state index contributed by atoms with van der Waals surface area (Å²) in [4.78, 5) is 13.9. The molecule has 0 aliphatic carbocycles. The van der Waals surface area contributed by atoms with Gasteiger partial charge in [-0.2, -0.15) is 0 Å². The SMILES string of the molecule is O=C(O)/C=C/c1cn(S)cn1. The second-order valence-electron chi connectivity index (χ2n) is 1.85. The summed E-state index contributed by atoms with van der Waals surface area (Å²) < 4.78 is 1.45. The van der Waals surface area contributed by atoms with Gasteiger partial charge in [0.2, 0.25) is 0 Å². The van der Waals surface area contributed by atoms with Crippen molar-refractivity contribution in [2.24, 2.45) is 0 Å². The van der Waals surface area contributed by atoms with Crippen LogP contribution in [0.2, 0.25) is 0 Å². The summed E-state index contributed by atoms with van der Waals surface area (Å²) in [6, 6.07) is 0. The first-order valence-electron chi connectivity index (χ1n) is 2.83. The second-order valence-corrected chi connectivity index (χ2v) is 2.31. The zero-order valence-electron chi connectivity index (χ0n) is 5.51. The number of carbonyl (C=O) groups is 1. The van der Waals surface area contributed by atoms with E-state index in [-0.39, 0.29) is 0 Å². The molecular formula is C6H6N2O2S. The lowest BCUT2D eigenvalue weighted by Gasteiger charge is -1.80. The molecule has 5 heteroatoms. The predicted octanol–water partition coefficient (Wildman–Crippen LogP) is 0.674. The molecule has 0 aliphatic rings. The van der Waals surface area contributed by atoms with Crippen molar-refractivity contribution in [1.29, 1.82) is 0 Å². The number of aromatic nitrogens is 2. The normalized spacial score (nSPS) is 10.6. The minimum atomic E-state index is -0.987. The van der Waals surface area contributed by atoms with E-state index in [0.717, 1.165) is 6.08 Å². The van der Waals surface area contributed by atoms with Crippen LogP contribution in [0.1, 0.15) is 5.69 Å². The number of hydrogen-bond acceptors (Lipinski definition) is 3. The van der Waals surface area contributed by atoms with Crippen molar-refractivity contribution in [2.75, 3.05) is 0 Å². The van der Waals surface area contributed by atoms with E-state index >= 15 is 0 Å². The lowest BCUT2D eigenvalue weighted by atomic mass is 10.4. The van der Waals surface area contributed by atoms with Crippen LogP contribution in [0.25, 0.3) is 6.08 Å². The molecule has 0 unspecified atom stereocenters. The van der Waals surface area contributed by atoms with Gasteiger partial charge in [-0.1, -0.05) is 12.8 Å². The van der Waals surface area contributed by atoms with E-state index in [1.165, 1.54) is 16.4 Å². The zero-order chi connectivity index (χ0) is 8.27. The summed E-state index contributed by atoms with van der Waals surface area (Å²) in [7, 11) is 0. The number of nitrogens with zero attached hydrogens (tertiary/aromatic N) is 2. The standard InChI is InChI=1S/C6H6N2O2S/c9-6(10)2-1-5-3-8(11)4-7-5/h1-4,11H,(H,9,10)/b2-1+. The maximum atomic E-state index is 10.0. The summed E-state index contributed by atoms with van der Waals surface area (Å²) >= 11 is 3.92. The van der Waals surface area contributed by atoms with Crippen LogP contribution in [-0.4, -0.2) is 20.0 Å². The van der Waals surface area contributed by atoms with E-state index in [1.807, 2.05) is 0 Å². The van der Waals surface area contributed by atoms with Crippen molar-refractivity contribution < 1.29 is 9.90 Å². The van der Waals surface area contributed by atoms with Crippen molar-refractivity contribution in [3.05, 3.63) is 24.3 Å². The van der Waals surface area contributed by atoms with Crippen LogP contribution < -0.4 is 0 Å². The first kappa shape index (κ1) is 7.87. The lowest BCUT2D eigenvalue weighted by Crippen LogP contribution is -1.85. The van der Waals surface area contributed by atoms with Crippen molar-refractivity contribution in [1.82, 2.24) is 8.96 Å². The monoisotopic (exact) mass is 170 g/mol. The van der Waals surface area contributed by atoms with E-state index in [9.17, 15) is 4.79 Å². The molecule has 1 heterocycles. The average molecular weight is 170 g/mol. The Morgan fingerprint density at radius 1 is 1.82 bits per heavy atom. The molecule has 11 heavy (non-hydrogen) atoms. The number of aliphatic carboxylic acids is 1. The van der Waals surface area contributed by atoms with Crippen LogP contribution in [0, 0.1) is 0 Å².